The van der Waals surface area contributed by atoms with Crippen LogP contribution in [0, 0.1) is 0 Å². The summed E-state index contributed by atoms with van der Waals surface area (Å²) in [6.45, 7) is 0. The third-order valence-corrected chi connectivity index (χ3v) is 10.3. The highest BCUT2D eigenvalue weighted by Crippen LogP contribution is 2.41. The number of anilines is 3. The second kappa shape index (κ2) is 12.9. The molecule has 2 heterocycles. The van der Waals surface area contributed by atoms with Gasteiger partial charge in [0.1, 0.15) is 0 Å². The average Bonchev–Trinajstić information content (AvgIpc) is 3.58. The molecule has 3 nitrogen and oxygen atoms in total. The normalized spacial score (nSPS) is 11.2. The molecule has 0 N–H and O–H groups in total. The van der Waals surface area contributed by atoms with Gasteiger partial charge in [-0.05, 0) is 76.9 Å². The van der Waals surface area contributed by atoms with Crippen molar-refractivity contribution in [2.75, 3.05) is 4.90 Å². The molecule has 4 heteroatoms. The summed E-state index contributed by atoms with van der Waals surface area (Å²) in [5, 5.41) is 1.16. The first-order valence-corrected chi connectivity index (χ1v) is 17.6. The Morgan fingerprint density at radius 2 is 0.780 bits per heavy atom. The summed E-state index contributed by atoms with van der Waals surface area (Å²) in [6.07, 6.45) is 0. The zero-order valence-corrected chi connectivity index (χ0v) is 28.0. The minimum Gasteiger partial charge on any atom is -0.311 e. The quantitative estimate of drug-likeness (QED) is 0.171. The molecule has 0 fully saturated rings. The summed E-state index contributed by atoms with van der Waals surface area (Å²) in [6, 6.07) is 66.2. The number of benzene rings is 7. The molecule has 0 spiro atoms. The fourth-order valence-electron chi connectivity index (χ4n) is 6.59. The van der Waals surface area contributed by atoms with E-state index in [0.717, 1.165) is 55.3 Å². The summed E-state index contributed by atoms with van der Waals surface area (Å²) in [7, 11) is 0. The maximum atomic E-state index is 5.19. The fourth-order valence-corrected chi connectivity index (χ4v) is 7.74. The first-order chi connectivity index (χ1) is 24.8. The van der Waals surface area contributed by atoms with E-state index in [1.807, 2.05) is 6.07 Å². The number of aromatic nitrogens is 2. The smallest absolute Gasteiger partial charge is 0.160 e. The van der Waals surface area contributed by atoms with Crippen LogP contribution in [-0.4, -0.2) is 9.97 Å². The Labute approximate surface area is 295 Å². The summed E-state index contributed by atoms with van der Waals surface area (Å²) >= 11 is 1.76. The van der Waals surface area contributed by atoms with Crippen LogP contribution in [-0.2, 0) is 0 Å². The van der Waals surface area contributed by atoms with Crippen LogP contribution in [0.2, 0.25) is 0 Å². The maximum absolute atomic E-state index is 5.19. The minimum atomic E-state index is 0.720. The largest absolute Gasteiger partial charge is 0.311 e. The summed E-state index contributed by atoms with van der Waals surface area (Å²) in [4.78, 5) is 12.7. The Morgan fingerprint density at radius 1 is 0.360 bits per heavy atom. The summed E-state index contributed by atoms with van der Waals surface area (Å²) in [5.41, 5.74) is 12.0. The SMILES string of the molecule is c1ccc(-c2ccc(N(c3ccc(-c4ccccc4)cc3)c3ccc(-c4nc(-c5ccccc5)c5sc6ccccc6c5n4)cc3)cc2)cc1. The van der Waals surface area contributed by atoms with Gasteiger partial charge in [0.05, 0.1) is 15.9 Å². The highest BCUT2D eigenvalue weighted by Gasteiger charge is 2.18. The van der Waals surface area contributed by atoms with Gasteiger partial charge < -0.3 is 4.90 Å². The van der Waals surface area contributed by atoms with Crippen molar-refractivity contribution in [2.45, 2.75) is 0 Å². The van der Waals surface area contributed by atoms with Crippen molar-refractivity contribution < 1.29 is 0 Å². The Hall–Kier alpha value is -6.36. The lowest BCUT2D eigenvalue weighted by Crippen LogP contribution is -2.09. The van der Waals surface area contributed by atoms with Crippen LogP contribution in [0.3, 0.4) is 0 Å². The summed E-state index contributed by atoms with van der Waals surface area (Å²) < 4.78 is 2.33. The van der Waals surface area contributed by atoms with E-state index in [9.17, 15) is 0 Å². The molecule has 0 aliphatic carbocycles. The number of rotatable bonds is 7. The van der Waals surface area contributed by atoms with Gasteiger partial charge in [-0.25, -0.2) is 9.97 Å². The van der Waals surface area contributed by atoms with Gasteiger partial charge in [0.25, 0.3) is 0 Å². The van der Waals surface area contributed by atoms with Gasteiger partial charge in [-0.3, -0.25) is 0 Å². The molecule has 0 aliphatic heterocycles. The van der Waals surface area contributed by atoms with Gasteiger partial charge in [0.15, 0.2) is 5.82 Å². The Kier molecular flexibility index (Phi) is 7.69. The molecule has 0 unspecified atom stereocenters. The van der Waals surface area contributed by atoms with Crippen molar-refractivity contribution in [1.29, 1.82) is 0 Å². The lowest BCUT2D eigenvalue weighted by molar-refractivity contribution is 1.23. The molecule has 9 rings (SSSR count). The molecule has 0 atom stereocenters. The van der Waals surface area contributed by atoms with E-state index in [1.165, 1.54) is 27.0 Å². The molecule has 0 radical (unpaired) electrons. The maximum Gasteiger partial charge on any atom is 0.160 e. The predicted octanol–water partition coefficient (Wildman–Crippen LogP) is 13.0. The first kappa shape index (κ1) is 29.8. The molecule has 0 saturated carbocycles. The van der Waals surface area contributed by atoms with Crippen LogP contribution < -0.4 is 4.90 Å². The van der Waals surface area contributed by atoms with E-state index in [1.54, 1.807) is 11.3 Å². The number of thiophene rings is 1. The number of hydrogen-bond donors (Lipinski definition) is 0. The van der Waals surface area contributed by atoms with Crippen molar-refractivity contribution in [3.05, 3.63) is 188 Å². The Balaban J connectivity index is 1.13. The lowest BCUT2D eigenvalue weighted by atomic mass is 10.0. The molecule has 0 aliphatic rings. The van der Waals surface area contributed by atoms with Crippen molar-refractivity contribution >= 4 is 48.7 Å². The minimum absolute atomic E-state index is 0.720. The van der Waals surface area contributed by atoms with Crippen LogP contribution >= 0.6 is 11.3 Å². The van der Waals surface area contributed by atoms with Crippen LogP contribution in [0.25, 0.3) is 65.2 Å². The van der Waals surface area contributed by atoms with E-state index in [4.69, 9.17) is 9.97 Å². The monoisotopic (exact) mass is 657 g/mol. The average molecular weight is 658 g/mol. The van der Waals surface area contributed by atoms with Gasteiger partial charge in [0.2, 0.25) is 0 Å². The van der Waals surface area contributed by atoms with Gasteiger partial charge in [-0.15, -0.1) is 11.3 Å². The third-order valence-electron chi connectivity index (χ3n) is 9.12. The van der Waals surface area contributed by atoms with E-state index in [0.29, 0.717) is 0 Å². The van der Waals surface area contributed by atoms with E-state index in [-0.39, 0.29) is 0 Å². The summed E-state index contributed by atoms with van der Waals surface area (Å²) in [5.74, 6) is 0.720. The van der Waals surface area contributed by atoms with Crippen LogP contribution in [0.15, 0.2) is 188 Å². The molecular formula is C46H31N3S. The molecule has 9 aromatic rings. The van der Waals surface area contributed by atoms with Crippen LogP contribution in [0.5, 0.6) is 0 Å². The fraction of sp³-hybridized carbons (Fsp3) is 0. The third kappa shape index (κ3) is 5.62. The predicted molar refractivity (Wildman–Crippen MR) is 211 cm³/mol. The van der Waals surface area contributed by atoms with Crippen molar-refractivity contribution in [1.82, 2.24) is 9.97 Å². The molecule has 0 amide bonds. The van der Waals surface area contributed by atoms with Crippen LogP contribution in [0.1, 0.15) is 0 Å². The zero-order chi connectivity index (χ0) is 33.3. The number of hydrogen-bond acceptors (Lipinski definition) is 4. The first-order valence-electron chi connectivity index (χ1n) is 16.7. The zero-order valence-electron chi connectivity index (χ0n) is 27.1. The molecule has 236 valence electrons. The van der Waals surface area contributed by atoms with Crippen LogP contribution in [0.4, 0.5) is 17.1 Å². The standard InChI is InChI=1S/C46H31N3S/c1-4-12-32(13-5-1)34-20-26-38(27-21-34)49(39-28-22-35(23-29-39)33-14-6-2-7-15-33)40-30-24-37(25-31-40)46-47-43(36-16-8-3-9-17-36)45-44(48-46)41-18-10-11-19-42(41)50-45/h1-31H. The lowest BCUT2D eigenvalue weighted by Gasteiger charge is -2.26. The topological polar surface area (TPSA) is 29.0 Å². The molecule has 2 aromatic heterocycles. The van der Waals surface area contributed by atoms with Gasteiger partial charge in [-0.1, -0.05) is 133 Å². The second-order valence-corrected chi connectivity index (χ2v) is 13.3. The molecule has 0 bridgehead atoms. The molecule has 7 aromatic carbocycles. The van der Waals surface area contributed by atoms with E-state index >= 15 is 0 Å². The number of fused-ring (bicyclic) bond motifs is 3. The second-order valence-electron chi connectivity index (χ2n) is 12.2. The van der Waals surface area contributed by atoms with Gasteiger partial charge in [-0.2, -0.15) is 0 Å². The Morgan fingerprint density at radius 3 is 1.30 bits per heavy atom. The molecule has 50 heavy (non-hydrogen) atoms. The van der Waals surface area contributed by atoms with Crippen molar-refractivity contribution in [3.63, 3.8) is 0 Å². The van der Waals surface area contributed by atoms with Gasteiger partial charge >= 0.3 is 0 Å². The van der Waals surface area contributed by atoms with Gasteiger partial charge in [0, 0.05) is 38.3 Å². The van der Waals surface area contributed by atoms with E-state index < -0.39 is 0 Å². The highest BCUT2D eigenvalue weighted by molar-refractivity contribution is 7.26. The van der Waals surface area contributed by atoms with Crippen molar-refractivity contribution in [3.8, 4) is 44.9 Å². The van der Waals surface area contributed by atoms with E-state index in [2.05, 4.69) is 187 Å². The highest BCUT2D eigenvalue weighted by atomic mass is 32.1. The Bertz CT molecular complexity index is 2460. The van der Waals surface area contributed by atoms with Crippen molar-refractivity contribution in [2.24, 2.45) is 0 Å². The molecule has 0 saturated heterocycles. The number of nitrogens with zero attached hydrogens (tertiary/aromatic N) is 3. The molecular weight excluding hydrogens is 627 g/mol.